The Balaban J connectivity index is 1.53. The summed E-state index contributed by atoms with van der Waals surface area (Å²) in [6.45, 7) is 5.62. The number of hydrogen-bond donors (Lipinski definition) is 0. The lowest BCUT2D eigenvalue weighted by Gasteiger charge is -2.09. The Kier molecular flexibility index (Phi) is 6.72. The van der Waals surface area contributed by atoms with E-state index in [4.69, 9.17) is 4.74 Å². The number of unbranched alkanes of at least 4 members (excludes halogenated alkanes) is 5. The van der Waals surface area contributed by atoms with E-state index in [1.807, 2.05) is 48.0 Å². The van der Waals surface area contributed by atoms with E-state index in [0.29, 0.717) is 6.61 Å². The summed E-state index contributed by atoms with van der Waals surface area (Å²) in [6, 6.07) is 12.0. The van der Waals surface area contributed by atoms with Crippen molar-refractivity contribution in [3.8, 4) is 5.69 Å². The van der Waals surface area contributed by atoms with Crippen molar-refractivity contribution in [1.29, 1.82) is 0 Å². The third kappa shape index (κ3) is 4.67. The summed E-state index contributed by atoms with van der Waals surface area (Å²) in [7, 11) is 0. The van der Waals surface area contributed by atoms with E-state index < -0.39 is 0 Å². The second-order valence-electron chi connectivity index (χ2n) is 6.72. The molecule has 26 heavy (non-hydrogen) atoms. The fourth-order valence-electron chi connectivity index (χ4n) is 3.12. The summed E-state index contributed by atoms with van der Waals surface area (Å²) < 4.78 is 7.63. The van der Waals surface area contributed by atoms with Crippen LogP contribution in [0.15, 0.2) is 36.4 Å². The van der Waals surface area contributed by atoms with Gasteiger partial charge in [0.05, 0.1) is 29.2 Å². The number of aryl methyl sites for hydroxylation is 1. The van der Waals surface area contributed by atoms with Gasteiger partial charge in [0.1, 0.15) is 5.52 Å². The molecule has 5 nitrogen and oxygen atoms in total. The summed E-state index contributed by atoms with van der Waals surface area (Å²) in [5.41, 5.74) is 4.73. The van der Waals surface area contributed by atoms with E-state index in [-0.39, 0.29) is 0 Å². The molecule has 0 atom stereocenters. The highest BCUT2D eigenvalue weighted by Crippen LogP contribution is 2.18. The Hall–Kier alpha value is -2.27. The van der Waals surface area contributed by atoms with E-state index in [0.717, 1.165) is 41.1 Å². The molecule has 0 spiro atoms. The highest BCUT2D eigenvalue weighted by molar-refractivity contribution is 5.76. The van der Waals surface area contributed by atoms with Crippen molar-refractivity contribution in [3.63, 3.8) is 0 Å². The zero-order valence-electron chi connectivity index (χ0n) is 15.8. The molecule has 2 aromatic heterocycles. The Bertz CT molecular complexity index is 828. The van der Waals surface area contributed by atoms with Crippen molar-refractivity contribution in [3.05, 3.63) is 47.8 Å². The molecule has 0 aliphatic rings. The van der Waals surface area contributed by atoms with Crippen molar-refractivity contribution in [2.75, 3.05) is 6.61 Å². The molecule has 0 aliphatic carbocycles. The van der Waals surface area contributed by atoms with Crippen LogP contribution in [0.2, 0.25) is 0 Å². The van der Waals surface area contributed by atoms with Crippen LogP contribution < -0.4 is 0 Å². The van der Waals surface area contributed by atoms with Crippen LogP contribution in [0.1, 0.15) is 56.8 Å². The van der Waals surface area contributed by atoms with Crippen molar-refractivity contribution in [2.45, 2.75) is 59.0 Å². The molecule has 0 amide bonds. The highest BCUT2D eigenvalue weighted by atomic mass is 16.5. The largest absolute Gasteiger partial charge is 0.375 e. The van der Waals surface area contributed by atoms with Crippen molar-refractivity contribution < 1.29 is 4.74 Å². The lowest BCUT2D eigenvalue weighted by atomic mass is 10.1. The van der Waals surface area contributed by atoms with Gasteiger partial charge in [0.2, 0.25) is 0 Å². The van der Waals surface area contributed by atoms with Crippen LogP contribution in [-0.4, -0.2) is 26.6 Å². The summed E-state index contributed by atoms with van der Waals surface area (Å²) in [4.78, 5) is 4.68. The van der Waals surface area contributed by atoms with Gasteiger partial charge in [-0.3, -0.25) is 4.98 Å². The van der Waals surface area contributed by atoms with E-state index in [1.165, 1.54) is 32.1 Å². The number of benzene rings is 1. The summed E-state index contributed by atoms with van der Waals surface area (Å²) in [5.74, 6) is 0. The maximum atomic E-state index is 5.78. The molecule has 0 aliphatic heterocycles. The molecule has 0 fully saturated rings. The Morgan fingerprint density at radius 1 is 0.962 bits per heavy atom. The number of para-hydroxylation sites is 1. The second kappa shape index (κ2) is 9.43. The summed E-state index contributed by atoms with van der Waals surface area (Å²) in [5, 5.41) is 8.48. The van der Waals surface area contributed by atoms with Gasteiger partial charge in [-0.1, -0.05) is 56.4 Å². The number of rotatable bonds is 10. The minimum Gasteiger partial charge on any atom is -0.375 e. The standard InChI is InChI=1S/C21H28N4O/c1-3-4-5-6-7-10-15-26-16-18-13-14-20(17(2)22-18)25-21-12-9-8-11-19(21)23-24-25/h8-9,11-14H,3-7,10,15-16H2,1-2H3. The third-order valence-electron chi connectivity index (χ3n) is 4.59. The first-order chi connectivity index (χ1) is 12.8. The van der Waals surface area contributed by atoms with Crippen LogP contribution in [-0.2, 0) is 11.3 Å². The van der Waals surface area contributed by atoms with Crippen molar-refractivity contribution in [2.24, 2.45) is 0 Å². The maximum Gasteiger partial charge on any atom is 0.113 e. The quantitative estimate of drug-likeness (QED) is 0.482. The normalized spacial score (nSPS) is 11.3. The van der Waals surface area contributed by atoms with Crippen LogP contribution in [0.3, 0.4) is 0 Å². The third-order valence-corrected chi connectivity index (χ3v) is 4.59. The lowest BCUT2D eigenvalue weighted by Crippen LogP contribution is -2.04. The molecule has 0 unspecified atom stereocenters. The molecule has 5 heteroatoms. The van der Waals surface area contributed by atoms with Gasteiger partial charge in [0.15, 0.2) is 0 Å². The lowest BCUT2D eigenvalue weighted by molar-refractivity contribution is 0.114. The second-order valence-corrected chi connectivity index (χ2v) is 6.72. The van der Waals surface area contributed by atoms with Gasteiger partial charge in [-0.2, -0.15) is 0 Å². The Labute approximate surface area is 155 Å². The minimum atomic E-state index is 0.564. The number of fused-ring (bicyclic) bond motifs is 1. The summed E-state index contributed by atoms with van der Waals surface area (Å²) in [6.07, 6.45) is 7.68. The Morgan fingerprint density at radius 2 is 1.77 bits per heavy atom. The number of ether oxygens (including phenoxy) is 1. The van der Waals surface area contributed by atoms with Gasteiger partial charge in [-0.05, 0) is 37.6 Å². The smallest absolute Gasteiger partial charge is 0.113 e. The molecule has 1 aromatic carbocycles. The van der Waals surface area contributed by atoms with Crippen LogP contribution in [0.25, 0.3) is 16.7 Å². The molecular formula is C21H28N4O. The van der Waals surface area contributed by atoms with Crippen LogP contribution in [0.4, 0.5) is 0 Å². The number of hydrogen-bond acceptors (Lipinski definition) is 4. The van der Waals surface area contributed by atoms with Gasteiger partial charge in [-0.25, -0.2) is 4.68 Å². The van der Waals surface area contributed by atoms with E-state index in [2.05, 4.69) is 22.2 Å². The fourth-order valence-corrected chi connectivity index (χ4v) is 3.12. The average molecular weight is 352 g/mol. The predicted molar refractivity (Wildman–Crippen MR) is 104 cm³/mol. The number of pyridine rings is 1. The summed E-state index contributed by atoms with van der Waals surface area (Å²) >= 11 is 0. The highest BCUT2D eigenvalue weighted by Gasteiger charge is 2.09. The van der Waals surface area contributed by atoms with E-state index in [1.54, 1.807) is 0 Å². The Morgan fingerprint density at radius 3 is 2.62 bits per heavy atom. The van der Waals surface area contributed by atoms with Gasteiger partial charge in [-0.15, -0.1) is 5.10 Å². The van der Waals surface area contributed by atoms with Gasteiger partial charge < -0.3 is 4.74 Å². The first-order valence-electron chi connectivity index (χ1n) is 9.64. The molecule has 0 N–H and O–H groups in total. The van der Waals surface area contributed by atoms with Gasteiger partial charge in [0, 0.05) is 6.61 Å². The first kappa shape index (κ1) is 18.5. The van der Waals surface area contributed by atoms with Crippen molar-refractivity contribution >= 4 is 11.0 Å². The SMILES string of the molecule is CCCCCCCCOCc1ccc(-n2nnc3ccccc32)c(C)n1. The van der Waals surface area contributed by atoms with Crippen LogP contribution >= 0.6 is 0 Å². The fraction of sp³-hybridized carbons (Fsp3) is 0.476. The van der Waals surface area contributed by atoms with Gasteiger partial charge in [0.25, 0.3) is 0 Å². The minimum absolute atomic E-state index is 0.564. The van der Waals surface area contributed by atoms with Crippen molar-refractivity contribution in [1.82, 2.24) is 20.0 Å². The zero-order chi connectivity index (χ0) is 18.2. The molecule has 0 bridgehead atoms. The van der Waals surface area contributed by atoms with Crippen LogP contribution in [0, 0.1) is 6.92 Å². The molecule has 0 saturated heterocycles. The first-order valence-corrected chi connectivity index (χ1v) is 9.64. The maximum absolute atomic E-state index is 5.78. The monoisotopic (exact) mass is 352 g/mol. The predicted octanol–water partition coefficient (Wildman–Crippen LogP) is 5.00. The van der Waals surface area contributed by atoms with Gasteiger partial charge >= 0.3 is 0 Å². The molecule has 3 aromatic rings. The number of aromatic nitrogens is 4. The molecule has 2 heterocycles. The molecular weight excluding hydrogens is 324 g/mol. The van der Waals surface area contributed by atoms with E-state index in [9.17, 15) is 0 Å². The van der Waals surface area contributed by atoms with E-state index >= 15 is 0 Å². The van der Waals surface area contributed by atoms with Crippen LogP contribution in [0.5, 0.6) is 0 Å². The average Bonchev–Trinajstić information content (AvgIpc) is 3.08. The number of nitrogens with zero attached hydrogens (tertiary/aromatic N) is 4. The topological polar surface area (TPSA) is 52.8 Å². The molecule has 0 radical (unpaired) electrons. The molecule has 0 saturated carbocycles. The molecule has 138 valence electrons. The molecule has 3 rings (SSSR count). The zero-order valence-corrected chi connectivity index (χ0v) is 15.8.